The van der Waals surface area contributed by atoms with E-state index >= 15 is 0 Å². The van der Waals surface area contributed by atoms with Gasteiger partial charge in [-0.1, -0.05) is 34.1 Å². The van der Waals surface area contributed by atoms with Crippen molar-refractivity contribution in [3.63, 3.8) is 0 Å². The molecule has 0 aliphatic heterocycles. The summed E-state index contributed by atoms with van der Waals surface area (Å²) >= 11 is 3.48. The lowest BCUT2D eigenvalue weighted by molar-refractivity contribution is 0.616. The summed E-state index contributed by atoms with van der Waals surface area (Å²) in [5, 5.41) is 3.24. The van der Waals surface area contributed by atoms with E-state index in [1.807, 2.05) is 19.2 Å². The van der Waals surface area contributed by atoms with Gasteiger partial charge in [-0.25, -0.2) is 4.39 Å². The number of benzene rings is 2. The van der Waals surface area contributed by atoms with E-state index in [-0.39, 0.29) is 11.9 Å². The van der Waals surface area contributed by atoms with Crippen LogP contribution in [0, 0.1) is 12.7 Å². The molecule has 0 saturated carbocycles. The van der Waals surface area contributed by atoms with Crippen molar-refractivity contribution in [3.8, 4) is 0 Å². The SMILES string of the molecule is CNC(c1cccc(F)c1)c1cc(Br)ccc1C. The quantitative estimate of drug-likeness (QED) is 0.896. The molecular formula is C15H15BrFN. The Bertz CT molecular complexity index is 554. The Balaban J connectivity index is 2.48. The Kier molecular flexibility index (Phi) is 4.15. The third-order valence-electron chi connectivity index (χ3n) is 3.02. The van der Waals surface area contributed by atoms with Crippen LogP contribution in [0.25, 0.3) is 0 Å². The van der Waals surface area contributed by atoms with Crippen LogP contribution < -0.4 is 5.32 Å². The summed E-state index contributed by atoms with van der Waals surface area (Å²) in [4.78, 5) is 0. The summed E-state index contributed by atoms with van der Waals surface area (Å²) in [6, 6.07) is 12.8. The highest BCUT2D eigenvalue weighted by Crippen LogP contribution is 2.27. The molecule has 0 fully saturated rings. The molecule has 1 atom stereocenters. The number of hydrogen-bond donors (Lipinski definition) is 1. The molecule has 0 saturated heterocycles. The molecule has 0 radical (unpaired) electrons. The van der Waals surface area contributed by atoms with Crippen LogP contribution in [0.2, 0.25) is 0 Å². The van der Waals surface area contributed by atoms with Gasteiger partial charge in [0.05, 0.1) is 6.04 Å². The summed E-state index contributed by atoms with van der Waals surface area (Å²) in [5.41, 5.74) is 3.26. The van der Waals surface area contributed by atoms with Gasteiger partial charge in [0.1, 0.15) is 5.82 Å². The fraction of sp³-hybridized carbons (Fsp3) is 0.200. The van der Waals surface area contributed by atoms with Crippen molar-refractivity contribution in [2.75, 3.05) is 7.05 Å². The van der Waals surface area contributed by atoms with Gasteiger partial charge in [-0.3, -0.25) is 0 Å². The minimum Gasteiger partial charge on any atom is -0.309 e. The van der Waals surface area contributed by atoms with Gasteiger partial charge in [-0.05, 0) is 54.9 Å². The zero-order valence-corrected chi connectivity index (χ0v) is 12.0. The Morgan fingerprint density at radius 3 is 2.61 bits per heavy atom. The van der Waals surface area contributed by atoms with Crippen LogP contribution in [0.15, 0.2) is 46.9 Å². The van der Waals surface area contributed by atoms with Gasteiger partial charge in [0.25, 0.3) is 0 Å². The monoisotopic (exact) mass is 307 g/mol. The van der Waals surface area contributed by atoms with E-state index < -0.39 is 0 Å². The third kappa shape index (κ3) is 2.79. The lowest BCUT2D eigenvalue weighted by Crippen LogP contribution is -2.18. The van der Waals surface area contributed by atoms with Crippen molar-refractivity contribution in [3.05, 3.63) is 69.4 Å². The summed E-state index contributed by atoms with van der Waals surface area (Å²) in [5.74, 6) is -0.208. The van der Waals surface area contributed by atoms with Crippen molar-refractivity contribution in [2.24, 2.45) is 0 Å². The van der Waals surface area contributed by atoms with E-state index in [4.69, 9.17) is 0 Å². The molecule has 1 unspecified atom stereocenters. The zero-order chi connectivity index (χ0) is 13.1. The molecule has 0 amide bonds. The van der Waals surface area contributed by atoms with Crippen LogP contribution in [0.3, 0.4) is 0 Å². The van der Waals surface area contributed by atoms with Crippen LogP contribution >= 0.6 is 15.9 Å². The second-order valence-electron chi connectivity index (χ2n) is 4.28. The van der Waals surface area contributed by atoms with Crippen LogP contribution in [-0.2, 0) is 0 Å². The van der Waals surface area contributed by atoms with Crippen LogP contribution in [0.1, 0.15) is 22.7 Å². The van der Waals surface area contributed by atoms with Gasteiger partial charge in [0.15, 0.2) is 0 Å². The molecule has 0 spiro atoms. The predicted molar refractivity (Wildman–Crippen MR) is 76.2 cm³/mol. The van der Waals surface area contributed by atoms with E-state index in [2.05, 4.69) is 40.3 Å². The largest absolute Gasteiger partial charge is 0.309 e. The van der Waals surface area contributed by atoms with E-state index in [1.165, 1.54) is 11.6 Å². The van der Waals surface area contributed by atoms with Crippen LogP contribution in [0.4, 0.5) is 4.39 Å². The Morgan fingerprint density at radius 2 is 1.94 bits per heavy atom. The van der Waals surface area contributed by atoms with Crippen molar-refractivity contribution in [1.29, 1.82) is 0 Å². The highest BCUT2D eigenvalue weighted by Gasteiger charge is 2.14. The molecule has 18 heavy (non-hydrogen) atoms. The van der Waals surface area contributed by atoms with Crippen molar-refractivity contribution < 1.29 is 4.39 Å². The molecule has 2 rings (SSSR count). The molecule has 0 aliphatic rings. The molecule has 0 aromatic heterocycles. The Hall–Kier alpha value is -1.19. The van der Waals surface area contributed by atoms with E-state index in [0.717, 1.165) is 15.6 Å². The van der Waals surface area contributed by atoms with Gasteiger partial charge in [-0.15, -0.1) is 0 Å². The normalized spacial score (nSPS) is 12.4. The number of hydrogen-bond acceptors (Lipinski definition) is 1. The first-order chi connectivity index (χ1) is 8.61. The number of aryl methyl sites for hydroxylation is 1. The maximum Gasteiger partial charge on any atom is 0.123 e. The molecule has 0 heterocycles. The standard InChI is InChI=1S/C15H15BrFN/c1-10-6-7-12(16)9-14(10)15(18-2)11-4-3-5-13(17)8-11/h3-9,15,18H,1-2H3. The average Bonchev–Trinajstić information content (AvgIpc) is 2.35. The lowest BCUT2D eigenvalue weighted by Gasteiger charge is -2.19. The molecule has 94 valence electrons. The van der Waals surface area contributed by atoms with Crippen molar-refractivity contribution in [2.45, 2.75) is 13.0 Å². The van der Waals surface area contributed by atoms with Crippen molar-refractivity contribution in [1.82, 2.24) is 5.32 Å². The molecule has 3 heteroatoms. The number of rotatable bonds is 3. The molecular weight excluding hydrogens is 293 g/mol. The summed E-state index contributed by atoms with van der Waals surface area (Å²) in [6.45, 7) is 2.06. The topological polar surface area (TPSA) is 12.0 Å². The first-order valence-corrected chi connectivity index (χ1v) is 6.60. The van der Waals surface area contributed by atoms with Gasteiger partial charge in [0.2, 0.25) is 0 Å². The predicted octanol–water partition coefficient (Wildman–Crippen LogP) is 4.21. The highest BCUT2D eigenvalue weighted by molar-refractivity contribution is 9.10. The van der Waals surface area contributed by atoms with Crippen molar-refractivity contribution >= 4 is 15.9 Å². The molecule has 0 aliphatic carbocycles. The third-order valence-corrected chi connectivity index (χ3v) is 3.52. The van der Waals surface area contributed by atoms with Gasteiger partial charge < -0.3 is 5.32 Å². The molecule has 1 nitrogen and oxygen atoms in total. The zero-order valence-electron chi connectivity index (χ0n) is 10.4. The highest BCUT2D eigenvalue weighted by atomic mass is 79.9. The maximum absolute atomic E-state index is 13.3. The first-order valence-electron chi connectivity index (χ1n) is 5.80. The second-order valence-corrected chi connectivity index (χ2v) is 5.19. The van der Waals surface area contributed by atoms with Gasteiger partial charge in [0, 0.05) is 4.47 Å². The van der Waals surface area contributed by atoms with E-state index in [0.29, 0.717) is 0 Å². The van der Waals surface area contributed by atoms with Crippen LogP contribution in [-0.4, -0.2) is 7.05 Å². The summed E-state index contributed by atoms with van der Waals surface area (Å²) in [6.07, 6.45) is 0. The minimum absolute atomic E-state index is 0.00167. The van der Waals surface area contributed by atoms with Gasteiger partial charge >= 0.3 is 0 Å². The summed E-state index contributed by atoms with van der Waals surface area (Å²) in [7, 11) is 1.88. The molecule has 0 bridgehead atoms. The molecule has 2 aromatic rings. The van der Waals surface area contributed by atoms with E-state index in [9.17, 15) is 4.39 Å². The maximum atomic E-state index is 13.3. The fourth-order valence-electron chi connectivity index (χ4n) is 2.11. The molecule has 1 N–H and O–H groups in total. The van der Waals surface area contributed by atoms with E-state index in [1.54, 1.807) is 12.1 Å². The Morgan fingerprint density at radius 1 is 1.17 bits per heavy atom. The summed E-state index contributed by atoms with van der Waals surface area (Å²) < 4.78 is 14.3. The second kappa shape index (κ2) is 5.63. The van der Waals surface area contributed by atoms with Gasteiger partial charge in [-0.2, -0.15) is 0 Å². The number of halogens is 2. The Labute approximate surface area is 115 Å². The first kappa shape index (κ1) is 13.2. The van der Waals surface area contributed by atoms with Crippen LogP contribution in [0.5, 0.6) is 0 Å². The smallest absolute Gasteiger partial charge is 0.123 e. The number of nitrogens with one attached hydrogen (secondary N) is 1. The molecule has 2 aromatic carbocycles. The fourth-order valence-corrected chi connectivity index (χ4v) is 2.49. The minimum atomic E-state index is -0.208. The lowest BCUT2D eigenvalue weighted by atomic mass is 9.95. The average molecular weight is 308 g/mol.